The van der Waals surface area contributed by atoms with Gasteiger partial charge in [0, 0.05) is 0 Å². The number of ether oxygens (including phenoxy) is 3. The zero-order chi connectivity index (χ0) is 18.1. The van der Waals surface area contributed by atoms with Crippen LogP contribution in [-0.2, 0) is 14.3 Å². The van der Waals surface area contributed by atoms with Gasteiger partial charge in [-0.2, -0.15) is 0 Å². The lowest BCUT2D eigenvalue weighted by atomic mass is 10.2. The van der Waals surface area contributed by atoms with E-state index in [-0.39, 0.29) is 19.6 Å². The molecule has 2 aromatic rings. The van der Waals surface area contributed by atoms with Crippen LogP contribution in [0.1, 0.15) is 12.0 Å². The fraction of sp³-hybridized carbons (Fsp3) is 0.263. The van der Waals surface area contributed by atoms with Gasteiger partial charge in [-0.05, 0) is 31.2 Å². The molecule has 0 aliphatic carbocycles. The lowest BCUT2D eigenvalue weighted by Crippen LogP contribution is -2.21. The molecule has 2 aromatic carbocycles. The molecule has 132 valence electrons. The van der Waals surface area contributed by atoms with Crippen molar-refractivity contribution in [2.75, 3.05) is 25.6 Å². The number of methoxy groups -OCH3 is 1. The van der Waals surface area contributed by atoms with Crippen molar-refractivity contribution in [2.45, 2.75) is 13.3 Å². The summed E-state index contributed by atoms with van der Waals surface area (Å²) in [5.74, 6) is 0.292. The normalized spacial score (nSPS) is 10.0. The second-order valence-corrected chi connectivity index (χ2v) is 5.32. The summed E-state index contributed by atoms with van der Waals surface area (Å²) in [6.07, 6.45) is 0.0653. The highest BCUT2D eigenvalue weighted by molar-refractivity contribution is 5.94. The lowest BCUT2D eigenvalue weighted by Gasteiger charge is -2.10. The number of aryl methyl sites for hydroxylation is 1. The molecular weight excluding hydrogens is 322 g/mol. The predicted molar refractivity (Wildman–Crippen MR) is 93.9 cm³/mol. The fourth-order valence-corrected chi connectivity index (χ4v) is 2.04. The van der Waals surface area contributed by atoms with Gasteiger partial charge in [0.25, 0.3) is 5.91 Å². The molecule has 0 saturated carbocycles. The van der Waals surface area contributed by atoms with Crippen molar-refractivity contribution in [3.05, 3.63) is 54.1 Å². The maximum absolute atomic E-state index is 11.8. The number of carbonyl (C=O) groups is 2. The van der Waals surface area contributed by atoms with Gasteiger partial charge in [0.2, 0.25) is 0 Å². The molecule has 1 amide bonds. The zero-order valence-electron chi connectivity index (χ0n) is 14.3. The van der Waals surface area contributed by atoms with Crippen LogP contribution in [0.2, 0.25) is 0 Å². The van der Waals surface area contributed by atoms with E-state index in [0.29, 0.717) is 17.2 Å². The maximum atomic E-state index is 11.8. The van der Waals surface area contributed by atoms with Crippen LogP contribution in [0.4, 0.5) is 5.69 Å². The highest BCUT2D eigenvalue weighted by Gasteiger charge is 2.10. The summed E-state index contributed by atoms with van der Waals surface area (Å²) in [5.41, 5.74) is 1.65. The molecule has 0 aliphatic rings. The Morgan fingerprint density at radius 1 is 1.04 bits per heavy atom. The Balaban J connectivity index is 1.68. The van der Waals surface area contributed by atoms with E-state index in [4.69, 9.17) is 14.2 Å². The molecule has 0 saturated heterocycles. The number of rotatable bonds is 8. The molecule has 6 nitrogen and oxygen atoms in total. The molecule has 0 heterocycles. The molecule has 0 spiro atoms. The van der Waals surface area contributed by atoms with Gasteiger partial charge in [-0.3, -0.25) is 9.59 Å². The van der Waals surface area contributed by atoms with Gasteiger partial charge < -0.3 is 19.5 Å². The SMILES string of the molecule is COc1ccccc1NC(=O)COC(=O)CCOc1ccc(C)cc1. The molecule has 0 atom stereocenters. The first-order chi connectivity index (χ1) is 12.1. The number of nitrogens with one attached hydrogen (secondary N) is 1. The van der Waals surface area contributed by atoms with Crippen molar-refractivity contribution in [3.63, 3.8) is 0 Å². The standard InChI is InChI=1S/C19H21NO5/c1-14-7-9-15(10-8-14)24-12-11-19(22)25-13-18(21)20-16-5-3-4-6-17(16)23-2/h3-10H,11-13H2,1-2H3,(H,20,21). The van der Waals surface area contributed by atoms with E-state index >= 15 is 0 Å². The minimum atomic E-state index is -0.498. The molecule has 0 unspecified atom stereocenters. The Bertz CT molecular complexity index is 712. The zero-order valence-corrected chi connectivity index (χ0v) is 14.3. The van der Waals surface area contributed by atoms with E-state index in [9.17, 15) is 9.59 Å². The molecule has 0 aliphatic heterocycles. The molecule has 0 radical (unpaired) electrons. The molecule has 25 heavy (non-hydrogen) atoms. The summed E-state index contributed by atoms with van der Waals surface area (Å²) in [6, 6.07) is 14.5. The number of carbonyl (C=O) groups excluding carboxylic acids is 2. The molecule has 6 heteroatoms. The first-order valence-electron chi connectivity index (χ1n) is 7.86. The van der Waals surface area contributed by atoms with Crippen molar-refractivity contribution in [1.82, 2.24) is 0 Å². The minimum Gasteiger partial charge on any atom is -0.495 e. The van der Waals surface area contributed by atoms with Gasteiger partial charge >= 0.3 is 5.97 Å². The first-order valence-corrected chi connectivity index (χ1v) is 7.86. The van der Waals surface area contributed by atoms with Gasteiger partial charge in [0.1, 0.15) is 11.5 Å². The van der Waals surface area contributed by atoms with E-state index in [1.165, 1.54) is 7.11 Å². The summed E-state index contributed by atoms with van der Waals surface area (Å²) in [4.78, 5) is 23.5. The van der Waals surface area contributed by atoms with Crippen LogP contribution < -0.4 is 14.8 Å². The van der Waals surface area contributed by atoms with Gasteiger partial charge in [0.05, 0.1) is 25.8 Å². The van der Waals surface area contributed by atoms with Gasteiger partial charge in [-0.15, -0.1) is 0 Å². The van der Waals surface area contributed by atoms with E-state index in [1.807, 2.05) is 31.2 Å². The Morgan fingerprint density at radius 2 is 1.76 bits per heavy atom. The second kappa shape index (κ2) is 9.32. The number of amides is 1. The van der Waals surface area contributed by atoms with Crippen LogP contribution >= 0.6 is 0 Å². The summed E-state index contributed by atoms with van der Waals surface area (Å²) in [5, 5.41) is 2.63. The smallest absolute Gasteiger partial charge is 0.309 e. The molecule has 1 N–H and O–H groups in total. The molecule has 0 fully saturated rings. The largest absolute Gasteiger partial charge is 0.495 e. The van der Waals surface area contributed by atoms with Crippen LogP contribution in [0.25, 0.3) is 0 Å². The Morgan fingerprint density at radius 3 is 2.48 bits per heavy atom. The monoisotopic (exact) mass is 343 g/mol. The first kappa shape index (κ1) is 18.3. The Hall–Kier alpha value is -3.02. The minimum absolute atomic E-state index is 0.0653. The Kier molecular flexibility index (Phi) is 6.83. The Labute approximate surface area is 146 Å². The van der Waals surface area contributed by atoms with Crippen molar-refractivity contribution in [2.24, 2.45) is 0 Å². The fourth-order valence-electron chi connectivity index (χ4n) is 2.04. The van der Waals surface area contributed by atoms with Crippen molar-refractivity contribution < 1.29 is 23.8 Å². The summed E-state index contributed by atoms with van der Waals surface area (Å²) in [6.45, 7) is 1.81. The van der Waals surface area contributed by atoms with Crippen molar-refractivity contribution in [1.29, 1.82) is 0 Å². The van der Waals surface area contributed by atoms with E-state index in [2.05, 4.69) is 5.32 Å². The summed E-state index contributed by atoms with van der Waals surface area (Å²) in [7, 11) is 1.51. The lowest BCUT2D eigenvalue weighted by molar-refractivity contribution is -0.147. The molecule has 2 rings (SSSR count). The summed E-state index contributed by atoms with van der Waals surface area (Å²) >= 11 is 0. The van der Waals surface area contributed by atoms with Gasteiger partial charge in [-0.1, -0.05) is 29.8 Å². The van der Waals surface area contributed by atoms with Crippen molar-refractivity contribution >= 4 is 17.6 Å². The average molecular weight is 343 g/mol. The third-order valence-electron chi connectivity index (χ3n) is 3.34. The van der Waals surface area contributed by atoms with E-state index in [1.54, 1.807) is 24.3 Å². The highest BCUT2D eigenvalue weighted by Crippen LogP contribution is 2.22. The van der Waals surface area contributed by atoms with E-state index < -0.39 is 11.9 Å². The van der Waals surface area contributed by atoms with Crippen LogP contribution in [0.5, 0.6) is 11.5 Å². The number of anilines is 1. The van der Waals surface area contributed by atoms with E-state index in [0.717, 1.165) is 5.56 Å². The van der Waals surface area contributed by atoms with Gasteiger partial charge in [-0.25, -0.2) is 0 Å². The quantitative estimate of drug-likeness (QED) is 0.746. The summed E-state index contributed by atoms with van der Waals surface area (Å²) < 4.78 is 15.5. The van der Waals surface area contributed by atoms with Gasteiger partial charge in [0.15, 0.2) is 6.61 Å². The highest BCUT2D eigenvalue weighted by atomic mass is 16.5. The number of hydrogen-bond acceptors (Lipinski definition) is 5. The van der Waals surface area contributed by atoms with Crippen LogP contribution in [0, 0.1) is 6.92 Å². The molecule has 0 bridgehead atoms. The van der Waals surface area contributed by atoms with Crippen LogP contribution in [0.3, 0.4) is 0 Å². The number of hydrogen-bond donors (Lipinski definition) is 1. The molecule has 0 aromatic heterocycles. The average Bonchev–Trinajstić information content (AvgIpc) is 2.62. The third-order valence-corrected chi connectivity index (χ3v) is 3.34. The van der Waals surface area contributed by atoms with Crippen LogP contribution in [-0.4, -0.2) is 32.2 Å². The van der Waals surface area contributed by atoms with Crippen LogP contribution in [0.15, 0.2) is 48.5 Å². The number of esters is 1. The second-order valence-electron chi connectivity index (χ2n) is 5.32. The third kappa shape index (κ3) is 6.18. The predicted octanol–water partition coefficient (Wildman–Crippen LogP) is 2.95. The number of para-hydroxylation sites is 2. The number of benzene rings is 2. The van der Waals surface area contributed by atoms with Crippen molar-refractivity contribution in [3.8, 4) is 11.5 Å². The molecular formula is C19H21NO5. The maximum Gasteiger partial charge on any atom is 0.309 e. The topological polar surface area (TPSA) is 73.9 Å².